The minimum absolute atomic E-state index is 0.655. The molecule has 0 aliphatic rings. The standard InChI is InChI=1S/C11H12S.CH4O/c1-8(2)11-7-9-5-3-4-6-10(9)12-11;1-2/h3-8H,1-2H3;2H,1H3. The molecule has 2 heteroatoms. The van der Waals surface area contributed by atoms with E-state index in [4.69, 9.17) is 5.11 Å². The van der Waals surface area contributed by atoms with Crippen molar-refractivity contribution in [3.8, 4) is 0 Å². The maximum atomic E-state index is 7.00. The number of benzene rings is 1. The Hall–Kier alpha value is -0.860. The molecule has 0 radical (unpaired) electrons. The average Bonchev–Trinajstić information content (AvgIpc) is 2.64. The zero-order chi connectivity index (χ0) is 10.6. The van der Waals surface area contributed by atoms with Crippen LogP contribution in [0.2, 0.25) is 0 Å². The molecule has 0 bridgehead atoms. The van der Waals surface area contributed by atoms with Crippen molar-refractivity contribution in [3.63, 3.8) is 0 Å². The number of aliphatic hydroxyl groups excluding tert-OH is 1. The van der Waals surface area contributed by atoms with Crippen molar-refractivity contribution >= 4 is 21.4 Å². The normalized spacial score (nSPS) is 10.1. The van der Waals surface area contributed by atoms with Gasteiger partial charge in [0.2, 0.25) is 0 Å². The molecule has 0 saturated carbocycles. The summed E-state index contributed by atoms with van der Waals surface area (Å²) in [5.74, 6) is 0.655. The Balaban J connectivity index is 0.000000461. The highest BCUT2D eigenvalue weighted by Gasteiger charge is 2.03. The molecule has 1 heterocycles. The molecule has 0 spiro atoms. The van der Waals surface area contributed by atoms with E-state index >= 15 is 0 Å². The number of rotatable bonds is 1. The number of fused-ring (bicyclic) bond motifs is 1. The molecule has 0 aliphatic heterocycles. The highest BCUT2D eigenvalue weighted by Crippen LogP contribution is 2.29. The maximum absolute atomic E-state index is 7.00. The van der Waals surface area contributed by atoms with Gasteiger partial charge in [0.25, 0.3) is 0 Å². The maximum Gasteiger partial charge on any atom is 0.0345 e. The molecule has 0 unspecified atom stereocenters. The smallest absolute Gasteiger partial charge is 0.0345 e. The van der Waals surface area contributed by atoms with Crippen LogP contribution >= 0.6 is 11.3 Å². The Morgan fingerprint density at radius 2 is 1.79 bits per heavy atom. The lowest BCUT2D eigenvalue weighted by atomic mass is 10.1. The Kier molecular flexibility index (Phi) is 4.11. The fourth-order valence-electron chi connectivity index (χ4n) is 1.29. The largest absolute Gasteiger partial charge is 0.400 e. The van der Waals surface area contributed by atoms with Gasteiger partial charge < -0.3 is 5.11 Å². The Labute approximate surface area is 89.0 Å². The van der Waals surface area contributed by atoms with E-state index in [1.165, 1.54) is 15.0 Å². The van der Waals surface area contributed by atoms with Gasteiger partial charge >= 0.3 is 0 Å². The number of thiophene rings is 1. The summed E-state index contributed by atoms with van der Waals surface area (Å²) in [5, 5.41) is 8.38. The van der Waals surface area contributed by atoms with E-state index in [0.717, 1.165) is 7.11 Å². The Morgan fingerprint density at radius 1 is 1.14 bits per heavy atom. The molecule has 0 fully saturated rings. The minimum Gasteiger partial charge on any atom is -0.400 e. The third-order valence-electron chi connectivity index (χ3n) is 2.01. The van der Waals surface area contributed by atoms with Crippen LogP contribution in [0.15, 0.2) is 30.3 Å². The van der Waals surface area contributed by atoms with E-state index in [9.17, 15) is 0 Å². The van der Waals surface area contributed by atoms with E-state index in [0.29, 0.717) is 5.92 Å². The predicted octanol–water partition coefficient (Wildman–Crippen LogP) is 3.63. The fourth-order valence-corrected chi connectivity index (χ4v) is 2.35. The third-order valence-corrected chi connectivity index (χ3v) is 3.43. The zero-order valence-corrected chi connectivity index (χ0v) is 9.64. The molecule has 0 amide bonds. The van der Waals surface area contributed by atoms with Gasteiger partial charge in [0.15, 0.2) is 0 Å². The van der Waals surface area contributed by atoms with Crippen molar-refractivity contribution in [1.29, 1.82) is 0 Å². The zero-order valence-electron chi connectivity index (χ0n) is 8.82. The van der Waals surface area contributed by atoms with Crippen LogP contribution in [0.3, 0.4) is 0 Å². The lowest BCUT2D eigenvalue weighted by Gasteiger charge is -1.96. The molecule has 2 aromatic rings. The molecule has 0 saturated heterocycles. The number of hydrogen-bond acceptors (Lipinski definition) is 2. The van der Waals surface area contributed by atoms with Crippen molar-refractivity contribution in [2.75, 3.05) is 7.11 Å². The Morgan fingerprint density at radius 3 is 2.36 bits per heavy atom. The summed E-state index contributed by atoms with van der Waals surface area (Å²) < 4.78 is 1.40. The first kappa shape index (κ1) is 11.2. The van der Waals surface area contributed by atoms with Gasteiger partial charge in [-0.15, -0.1) is 11.3 Å². The van der Waals surface area contributed by atoms with Gasteiger partial charge in [-0.25, -0.2) is 0 Å². The molecular weight excluding hydrogens is 192 g/mol. The summed E-state index contributed by atoms with van der Waals surface area (Å²) >= 11 is 1.91. The van der Waals surface area contributed by atoms with Crippen molar-refractivity contribution in [3.05, 3.63) is 35.2 Å². The van der Waals surface area contributed by atoms with Gasteiger partial charge in [0.05, 0.1) is 0 Å². The molecule has 1 aromatic carbocycles. The second-order valence-corrected chi connectivity index (χ2v) is 4.46. The lowest BCUT2D eigenvalue weighted by Crippen LogP contribution is -1.77. The predicted molar refractivity (Wildman–Crippen MR) is 64.1 cm³/mol. The molecule has 1 N–H and O–H groups in total. The molecule has 1 nitrogen and oxygen atoms in total. The van der Waals surface area contributed by atoms with Crippen LogP contribution in [0.4, 0.5) is 0 Å². The molecule has 14 heavy (non-hydrogen) atoms. The van der Waals surface area contributed by atoms with E-state index in [1.807, 2.05) is 11.3 Å². The van der Waals surface area contributed by atoms with Crippen molar-refractivity contribution in [2.45, 2.75) is 19.8 Å². The summed E-state index contributed by atoms with van der Waals surface area (Å²) in [6, 6.07) is 10.9. The molecule has 76 valence electrons. The van der Waals surface area contributed by atoms with E-state index < -0.39 is 0 Å². The highest BCUT2D eigenvalue weighted by molar-refractivity contribution is 7.19. The average molecular weight is 208 g/mol. The van der Waals surface area contributed by atoms with Crippen molar-refractivity contribution in [1.82, 2.24) is 0 Å². The van der Waals surface area contributed by atoms with Gasteiger partial charge in [0, 0.05) is 16.7 Å². The van der Waals surface area contributed by atoms with E-state index in [2.05, 4.69) is 44.2 Å². The molecular formula is C12H16OS. The van der Waals surface area contributed by atoms with Crippen LogP contribution in [0, 0.1) is 0 Å². The summed E-state index contributed by atoms with van der Waals surface area (Å²) in [7, 11) is 1.00. The molecule has 1 aromatic heterocycles. The van der Waals surface area contributed by atoms with Crippen molar-refractivity contribution < 1.29 is 5.11 Å². The topological polar surface area (TPSA) is 20.2 Å². The van der Waals surface area contributed by atoms with Crippen molar-refractivity contribution in [2.24, 2.45) is 0 Å². The van der Waals surface area contributed by atoms with E-state index in [-0.39, 0.29) is 0 Å². The summed E-state index contributed by atoms with van der Waals surface area (Å²) in [4.78, 5) is 1.48. The second-order valence-electron chi connectivity index (χ2n) is 3.34. The fraction of sp³-hybridized carbons (Fsp3) is 0.333. The van der Waals surface area contributed by atoms with E-state index in [1.54, 1.807) is 0 Å². The van der Waals surface area contributed by atoms with Gasteiger partial charge in [-0.3, -0.25) is 0 Å². The second kappa shape index (κ2) is 5.13. The SMILES string of the molecule is CC(C)c1cc2ccccc2s1.CO. The van der Waals surface area contributed by atoms with Gasteiger partial charge in [-0.1, -0.05) is 32.0 Å². The molecule has 0 aliphatic carbocycles. The summed E-state index contributed by atoms with van der Waals surface area (Å²) in [6.07, 6.45) is 0. The molecule has 0 atom stereocenters. The number of aliphatic hydroxyl groups is 1. The van der Waals surface area contributed by atoms with Gasteiger partial charge in [0.1, 0.15) is 0 Å². The van der Waals surface area contributed by atoms with Crippen LogP contribution in [0.5, 0.6) is 0 Å². The quantitative estimate of drug-likeness (QED) is 0.758. The summed E-state index contributed by atoms with van der Waals surface area (Å²) in [5.41, 5.74) is 0. The van der Waals surface area contributed by atoms with Crippen LogP contribution in [-0.2, 0) is 0 Å². The Bertz CT molecular complexity index is 357. The third kappa shape index (κ3) is 2.34. The minimum atomic E-state index is 0.655. The first-order chi connectivity index (χ1) is 6.77. The van der Waals surface area contributed by atoms with Crippen LogP contribution < -0.4 is 0 Å². The van der Waals surface area contributed by atoms with Gasteiger partial charge in [-0.05, 0) is 23.4 Å². The van der Waals surface area contributed by atoms with Crippen LogP contribution in [0.25, 0.3) is 10.1 Å². The lowest BCUT2D eigenvalue weighted by molar-refractivity contribution is 0.399. The van der Waals surface area contributed by atoms with Gasteiger partial charge in [-0.2, -0.15) is 0 Å². The monoisotopic (exact) mass is 208 g/mol. The van der Waals surface area contributed by atoms with Crippen LogP contribution in [0.1, 0.15) is 24.6 Å². The summed E-state index contributed by atoms with van der Waals surface area (Å²) in [6.45, 7) is 4.48. The first-order valence-corrected chi connectivity index (χ1v) is 5.52. The molecule has 2 rings (SSSR count). The number of hydrogen-bond donors (Lipinski definition) is 1. The van der Waals surface area contributed by atoms with Crippen LogP contribution in [-0.4, -0.2) is 12.2 Å². The first-order valence-electron chi connectivity index (χ1n) is 4.70. The highest BCUT2D eigenvalue weighted by atomic mass is 32.1.